The van der Waals surface area contributed by atoms with E-state index in [-0.39, 0.29) is 22.2 Å². The van der Waals surface area contributed by atoms with Crippen LogP contribution in [0.1, 0.15) is 19.4 Å². The Hall–Kier alpha value is -3.03. The first-order valence-electron chi connectivity index (χ1n) is 9.38. The summed E-state index contributed by atoms with van der Waals surface area (Å²) in [6.45, 7) is 4.31. The van der Waals surface area contributed by atoms with Gasteiger partial charge in [0.25, 0.3) is 11.8 Å². The van der Waals surface area contributed by atoms with Crippen molar-refractivity contribution in [2.75, 3.05) is 18.6 Å². The lowest BCUT2D eigenvalue weighted by atomic mass is 10.1. The number of urea groups is 1. The van der Waals surface area contributed by atoms with E-state index in [1.807, 2.05) is 13.8 Å². The van der Waals surface area contributed by atoms with Crippen LogP contribution < -0.4 is 19.7 Å². The van der Waals surface area contributed by atoms with E-state index in [9.17, 15) is 14.4 Å². The number of carbonyl (C=O) groups is 3. The molecule has 0 aromatic heterocycles. The Kier molecular flexibility index (Phi) is 6.87. The van der Waals surface area contributed by atoms with Gasteiger partial charge < -0.3 is 9.47 Å². The molecule has 0 aliphatic carbocycles. The molecule has 0 saturated carbocycles. The maximum Gasteiger partial charge on any atom is 0.335 e. The highest BCUT2D eigenvalue weighted by molar-refractivity contribution is 6.40. The SMILES string of the molecule is COc1ccc(N2C(=O)NC(=O)/C(=C\c3cc(Cl)cc(Cl)c3OCC(C)C)C2=O)cc1. The van der Waals surface area contributed by atoms with Gasteiger partial charge in [-0.15, -0.1) is 0 Å². The molecule has 1 saturated heterocycles. The number of carbonyl (C=O) groups excluding carboxylic acids is 3. The summed E-state index contributed by atoms with van der Waals surface area (Å²) in [4.78, 5) is 38.8. The highest BCUT2D eigenvalue weighted by Crippen LogP contribution is 2.35. The molecule has 1 N–H and O–H groups in total. The minimum Gasteiger partial charge on any atom is -0.497 e. The van der Waals surface area contributed by atoms with Crippen molar-refractivity contribution in [3.8, 4) is 11.5 Å². The van der Waals surface area contributed by atoms with Crippen LogP contribution in [0.5, 0.6) is 11.5 Å². The number of benzene rings is 2. The van der Waals surface area contributed by atoms with Crippen LogP contribution in [0.25, 0.3) is 6.08 Å². The maximum atomic E-state index is 13.1. The van der Waals surface area contributed by atoms with E-state index >= 15 is 0 Å². The zero-order valence-electron chi connectivity index (χ0n) is 17.1. The molecule has 2 aromatic carbocycles. The third-order valence-electron chi connectivity index (χ3n) is 4.33. The second kappa shape index (κ2) is 9.41. The smallest absolute Gasteiger partial charge is 0.335 e. The molecule has 2 aromatic rings. The van der Waals surface area contributed by atoms with Crippen molar-refractivity contribution < 1.29 is 23.9 Å². The number of barbiturate groups is 1. The van der Waals surface area contributed by atoms with Crippen LogP contribution in [-0.4, -0.2) is 31.6 Å². The van der Waals surface area contributed by atoms with Gasteiger partial charge in [-0.05, 0) is 48.4 Å². The van der Waals surface area contributed by atoms with Gasteiger partial charge >= 0.3 is 6.03 Å². The fraction of sp³-hybridized carbons (Fsp3) is 0.227. The van der Waals surface area contributed by atoms with Crippen molar-refractivity contribution in [1.29, 1.82) is 0 Å². The highest BCUT2D eigenvalue weighted by Gasteiger charge is 2.37. The molecule has 0 spiro atoms. The molecule has 1 heterocycles. The molecule has 9 heteroatoms. The van der Waals surface area contributed by atoms with Crippen LogP contribution in [0.15, 0.2) is 42.0 Å². The summed E-state index contributed by atoms with van der Waals surface area (Å²) in [5.74, 6) is -0.549. The number of amides is 4. The maximum absolute atomic E-state index is 13.1. The van der Waals surface area contributed by atoms with E-state index < -0.39 is 17.8 Å². The largest absolute Gasteiger partial charge is 0.497 e. The number of hydrogen-bond donors (Lipinski definition) is 1. The Morgan fingerprint density at radius 2 is 1.77 bits per heavy atom. The minimum atomic E-state index is -0.849. The molecule has 0 radical (unpaired) electrons. The Morgan fingerprint density at radius 1 is 1.10 bits per heavy atom. The van der Waals surface area contributed by atoms with E-state index in [0.717, 1.165) is 4.90 Å². The zero-order chi connectivity index (χ0) is 22.7. The van der Waals surface area contributed by atoms with Crippen molar-refractivity contribution in [3.05, 3.63) is 57.6 Å². The molecular formula is C22H20Cl2N2O5. The van der Waals surface area contributed by atoms with Gasteiger partial charge in [0.15, 0.2) is 0 Å². The van der Waals surface area contributed by atoms with Gasteiger partial charge in [-0.25, -0.2) is 9.69 Å². The van der Waals surface area contributed by atoms with Gasteiger partial charge in [-0.2, -0.15) is 0 Å². The molecule has 31 heavy (non-hydrogen) atoms. The number of nitrogens with one attached hydrogen (secondary N) is 1. The first-order chi connectivity index (χ1) is 14.7. The molecule has 1 fully saturated rings. The van der Waals surface area contributed by atoms with Crippen molar-refractivity contribution in [1.82, 2.24) is 5.32 Å². The van der Waals surface area contributed by atoms with Crippen LogP contribution in [-0.2, 0) is 9.59 Å². The molecule has 0 bridgehead atoms. The first-order valence-corrected chi connectivity index (χ1v) is 10.1. The molecule has 162 valence electrons. The van der Waals surface area contributed by atoms with Crippen LogP contribution >= 0.6 is 23.2 Å². The van der Waals surface area contributed by atoms with Crippen molar-refractivity contribution in [2.24, 2.45) is 5.92 Å². The number of rotatable bonds is 6. The first kappa shape index (κ1) is 22.7. The molecule has 1 aliphatic heterocycles. The summed E-state index contributed by atoms with van der Waals surface area (Å²) in [6, 6.07) is 8.47. The molecule has 3 rings (SSSR count). The van der Waals surface area contributed by atoms with Gasteiger partial charge in [0.2, 0.25) is 0 Å². The molecular weight excluding hydrogens is 443 g/mol. The third kappa shape index (κ3) is 5.00. The minimum absolute atomic E-state index is 0.218. The van der Waals surface area contributed by atoms with Gasteiger partial charge in [0, 0.05) is 10.6 Å². The zero-order valence-corrected chi connectivity index (χ0v) is 18.6. The Bertz CT molecular complexity index is 1060. The lowest BCUT2D eigenvalue weighted by molar-refractivity contribution is -0.122. The predicted molar refractivity (Wildman–Crippen MR) is 119 cm³/mol. The Labute approximate surface area is 189 Å². The van der Waals surface area contributed by atoms with Crippen LogP contribution in [0.4, 0.5) is 10.5 Å². The number of methoxy groups -OCH3 is 1. The normalized spacial score (nSPS) is 15.5. The van der Waals surface area contributed by atoms with Crippen molar-refractivity contribution >= 4 is 52.8 Å². The van der Waals surface area contributed by atoms with Crippen molar-refractivity contribution in [2.45, 2.75) is 13.8 Å². The number of hydrogen-bond acceptors (Lipinski definition) is 5. The number of anilines is 1. The molecule has 4 amide bonds. The highest BCUT2D eigenvalue weighted by atomic mass is 35.5. The van der Waals surface area contributed by atoms with E-state index in [2.05, 4.69) is 5.32 Å². The van der Waals surface area contributed by atoms with E-state index in [0.29, 0.717) is 28.7 Å². The van der Waals surface area contributed by atoms with Gasteiger partial charge in [-0.3, -0.25) is 14.9 Å². The van der Waals surface area contributed by atoms with E-state index in [1.54, 1.807) is 12.1 Å². The number of ether oxygens (including phenoxy) is 2. The number of imide groups is 2. The Morgan fingerprint density at radius 3 is 2.39 bits per heavy atom. The number of halogens is 2. The average molecular weight is 463 g/mol. The molecule has 0 atom stereocenters. The number of nitrogens with zero attached hydrogens (tertiary/aromatic N) is 1. The fourth-order valence-electron chi connectivity index (χ4n) is 2.87. The summed E-state index contributed by atoms with van der Waals surface area (Å²) >= 11 is 12.4. The Balaban J connectivity index is 2.03. The van der Waals surface area contributed by atoms with Crippen LogP contribution in [0.3, 0.4) is 0 Å². The summed E-state index contributed by atoms with van der Waals surface area (Å²) in [5.41, 5.74) is 0.367. The van der Waals surface area contributed by atoms with Crippen LogP contribution in [0.2, 0.25) is 10.0 Å². The predicted octanol–water partition coefficient (Wildman–Crippen LogP) is 4.70. The molecule has 1 aliphatic rings. The summed E-state index contributed by atoms with van der Waals surface area (Å²) in [6.07, 6.45) is 1.31. The lowest BCUT2D eigenvalue weighted by Crippen LogP contribution is -2.54. The van der Waals surface area contributed by atoms with E-state index in [4.69, 9.17) is 32.7 Å². The standard InChI is InChI=1S/C22H20Cl2N2O5/c1-12(2)11-31-19-13(8-14(23)10-18(19)24)9-17-20(27)25-22(29)26(21(17)28)15-4-6-16(30-3)7-5-15/h4-10,12H,11H2,1-3H3,(H,25,27,29)/b17-9+. The topological polar surface area (TPSA) is 84.9 Å². The summed E-state index contributed by atoms with van der Waals surface area (Å²) < 4.78 is 10.9. The van der Waals surface area contributed by atoms with Crippen molar-refractivity contribution in [3.63, 3.8) is 0 Å². The van der Waals surface area contributed by atoms with Crippen LogP contribution in [0, 0.1) is 5.92 Å². The molecule has 7 nitrogen and oxygen atoms in total. The molecule has 0 unspecified atom stereocenters. The summed E-state index contributed by atoms with van der Waals surface area (Å²) in [5, 5.41) is 2.73. The average Bonchev–Trinajstić information content (AvgIpc) is 2.70. The van der Waals surface area contributed by atoms with Gasteiger partial charge in [-0.1, -0.05) is 37.0 Å². The van der Waals surface area contributed by atoms with E-state index in [1.165, 1.54) is 37.5 Å². The lowest BCUT2D eigenvalue weighted by Gasteiger charge is -2.26. The monoisotopic (exact) mass is 462 g/mol. The summed E-state index contributed by atoms with van der Waals surface area (Å²) in [7, 11) is 1.50. The second-order valence-electron chi connectivity index (χ2n) is 7.17. The fourth-order valence-corrected chi connectivity index (χ4v) is 3.43. The quantitative estimate of drug-likeness (QED) is 0.496. The third-order valence-corrected chi connectivity index (χ3v) is 4.83. The van der Waals surface area contributed by atoms with Gasteiger partial charge in [0.1, 0.15) is 17.1 Å². The van der Waals surface area contributed by atoms with Gasteiger partial charge in [0.05, 0.1) is 24.4 Å². The second-order valence-corrected chi connectivity index (χ2v) is 8.01.